The van der Waals surface area contributed by atoms with Gasteiger partial charge >= 0.3 is 0 Å². The van der Waals surface area contributed by atoms with E-state index in [1.54, 1.807) is 12.4 Å². The molecule has 1 fully saturated rings. The van der Waals surface area contributed by atoms with Crippen molar-refractivity contribution in [2.45, 2.75) is 50.3 Å². The first-order valence-corrected chi connectivity index (χ1v) is 11.0. The first kappa shape index (κ1) is 19.7. The van der Waals surface area contributed by atoms with Crippen LogP contribution in [0.4, 0.5) is 0 Å². The van der Waals surface area contributed by atoms with Crippen molar-refractivity contribution in [2.24, 2.45) is 0 Å². The number of fused-ring (bicyclic) bond motifs is 1. The number of carbonyl (C=O) groups is 1. The van der Waals surface area contributed by atoms with Crippen LogP contribution in [0.1, 0.15) is 43.0 Å². The van der Waals surface area contributed by atoms with Crippen molar-refractivity contribution < 1.29 is 14.3 Å². The minimum absolute atomic E-state index is 0.0333. The van der Waals surface area contributed by atoms with Crippen molar-refractivity contribution in [3.63, 3.8) is 0 Å². The highest BCUT2D eigenvalue weighted by atomic mass is 16.6. The van der Waals surface area contributed by atoms with Crippen molar-refractivity contribution in [3.05, 3.63) is 78.4 Å². The molecule has 2 aromatic carbocycles. The van der Waals surface area contributed by atoms with E-state index in [0.717, 1.165) is 31.5 Å². The van der Waals surface area contributed by atoms with E-state index in [9.17, 15) is 4.79 Å². The topological polar surface area (TPSA) is 67.5 Å². The number of hydrogen-bond acceptors (Lipinski definition) is 4. The second-order valence-electron chi connectivity index (χ2n) is 8.28. The zero-order chi connectivity index (χ0) is 21.0. The van der Waals surface area contributed by atoms with E-state index < -0.39 is 6.10 Å². The average molecular weight is 418 g/mol. The van der Waals surface area contributed by atoms with Crippen LogP contribution in [-0.4, -0.2) is 39.5 Å². The van der Waals surface area contributed by atoms with Gasteiger partial charge in [0.15, 0.2) is 11.5 Å². The molecule has 1 aliphatic carbocycles. The Morgan fingerprint density at radius 3 is 2.48 bits per heavy atom. The predicted octanol–water partition coefficient (Wildman–Crippen LogP) is 4.30. The molecule has 0 unspecified atom stereocenters. The van der Waals surface area contributed by atoms with Gasteiger partial charge in [0.25, 0.3) is 5.91 Å². The Balaban J connectivity index is 1.31. The van der Waals surface area contributed by atoms with Gasteiger partial charge in [-0.25, -0.2) is 4.98 Å². The van der Waals surface area contributed by atoms with Crippen LogP contribution in [0.25, 0.3) is 0 Å². The molecule has 6 heteroatoms. The van der Waals surface area contributed by atoms with Crippen LogP contribution >= 0.6 is 0 Å². The highest BCUT2D eigenvalue weighted by Gasteiger charge is 2.36. The minimum Gasteiger partial charge on any atom is -0.485 e. The SMILES string of the molecule is O=C([C@@H]1COc2ccccc2O1)N(Cc1ncc[nH]1)C1CCC(c2ccccc2)CC1. The van der Waals surface area contributed by atoms with Crippen molar-refractivity contribution in [1.82, 2.24) is 14.9 Å². The largest absolute Gasteiger partial charge is 0.485 e. The van der Waals surface area contributed by atoms with Crippen molar-refractivity contribution in [3.8, 4) is 11.5 Å². The monoisotopic (exact) mass is 417 g/mol. The molecule has 1 aromatic heterocycles. The average Bonchev–Trinajstić information content (AvgIpc) is 3.36. The van der Waals surface area contributed by atoms with Gasteiger partial charge in [-0.2, -0.15) is 0 Å². The van der Waals surface area contributed by atoms with Crippen LogP contribution in [-0.2, 0) is 11.3 Å². The van der Waals surface area contributed by atoms with Gasteiger partial charge in [0.1, 0.15) is 12.4 Å². The minimum atomic E-state index is -0.642. The van der Waals surface area contributed by atoms with E-state index in [0.29, 0.717) is 24.0 Å². The molecule has 1 N–H and O–H groups in total. The summed E-state index contributed by atoms with van der Waals surface area (Å²) >= 11 is 0. The molecule has 1 atom stereocenters. The maximum atomic E-state index is 13.6. The molecular weight excluding hydrogens is 390 g/mol. The summed E-state index contributed by atoms with van der Waals surface area (Å²) in [5.74, 6) is 2.62. The summed E-state index contributed by atoms with van der Waals surface area (Å²) in [4.78, 5) is 23.0. The molecule has 2 aliphatic rings. The van der Waals surface area contributed by atoms with Gasteiger partial charge in [-0.05, 0) is 49.3 Å². The smallest absolute Gasteiger partial charge is 0.267 e. The van der Waals surface area contributed by atoms with Gasteiger partial charge in [0.2, 0.25) is 6.10 Å². The summed E-state index contributed by atoms with van der Waals surface area (Å²) in [6.45, 7) is 0.678. The van der Waals surface area contributed by atoms with Crippen LogP contribution in [0.5, 0.6) is 11.5 Å². The van der Waals surface area contributed by atoms with Crippen LogP contribution in [0, 0.1) is 0 Å². The molecular formula is C25H27N3O3. The molecule has 0 radical (unpaired) electrons. The molecule has 1 aliphatic heterocycles. The molecule has 1 amide bonds. The maximum absolute atomic E-state index is 13.6. The summed E-state index contributed by atoms with van der Waals surface area (Å²) < 4.78 is 11.8. The number of nitrogens with one attached hydrogen (secondary N) is 1. The van der Waals surface area contributed by atoms with E-state index in [1.165, 1.54) is 5.56 Å². The molecule has 3 aromatic rings. The number of hydrogen-bond donors (Lipinski definition) is 1. The van der Waals surface area contributed by atoms with Gasteiger partial charge in [0.05, 0.1) is 6.54 Å². The number of ether oxygens (including phenoxy) is 2. The van der Waals surface area contributed by atoms with Gasteiger partial charge in [-0.15, -0.1) is 0 Å². The summed E-state index contributed by atoms with van der Waals surface area (Å²) in [7, 11) is 0. The molecule has 0 spiro atoms. The van der Waals surface area contributed by atoms with E-state index in [4.69, 9.17) is 9.47 Å². The predicted molar refractivity (Wildman–Crippen MR) is 117 cm³/mol. The third kappa shape index (κ3) is 4.29. The van der Waals surface area contributed by atoms with Crippen LogP contribution < -0.4 is 9.47 Å². The zero-order valence-electron chi connectivity index (χ0n) is 17.4. The highest BCUT2D eigenvalue weighted by Crippen LogP contribution is 2.36. The van der Waals surface area contributed by atoms with Crippen LogP contribution in [0.3, 0.4) is 0 Å². The van der Waals surface area contributed by atoms with Gasteiger partial charge in [-0.3, -0.25) is 4.79 Å². The number of rotatable bonds is 5. The zero-order valence-corrected chi connectivity index (χ0v) is 17.4. The Bertz CT molecular complexity index is 998. The number of aromatic amines is 1. The standard InChI is InChI=1S/C25H27N3O3/c29-25(23-17-30-21-8-4-5-9-22(21)31-23)28(16-24-26-14-15-27-24)20-12-10-19(11-13-20)18-6-2-1-3-7-18/h1-9,14-15,19-20,23H,10-13,16-17H2,(H,26,27)/t19?,20?,23-/m0/s1. The van der Waals surface area contributed by atoms with Gasteiger partial charge in [0, 0.05) is 18.4 Å². The fourth-order valence-corrected chi connectivity index (χ4v) is 4.70. The third-order valence-electron chi connectivity index (χ3n) is 6.35. The number of benzene rings is 2. The van der Waals surface area contributed by atoms with Crippen molar-refractivity contribution >= 4 is 5.91 Å². The lowest BCUT2D eigenvalue weighted by Crippen LogP contribution is -2.50. The van der Waals surface area contributed by atoms with E-state index >= 15 is 0 Å². The lowest BCUT2D eigenvalue weighted by molar-refractivity contribution is -0.145. The van der Waals surface area contributed by atoms with E-state index in [-0.39, 0.29) is 18.6 Å². The maximum Gasteiger partial charge on any atom is 0.267 e. The summed E-state index contributed by atoms with van der Waals surface area (Å²) in [6, 6.07) is 18.3. The number of aromatic nitrogens is 2. The number of imidazole rings is 1. The summed E-state index contributed by atoms with van der Waals surface area (Å²) in [6.07, 6.45) is 6.95. The number of carbonyl (C=O) groups excluding carboxylic acids is 1. The molecule has 2 heterocycles. The highest BCUT2D eigenvalue weighted by molar-refractivity contribution is 5.82. The molecule has 6 nitrogen and oxygen atoms in total. The Labute approximate surface area is 182 Å². The number of amides is 1. The lowest BCUT2D eigenvalue weighted by atomic mass is 9.81. The Morgan fingerprint density at radius 2 is 1.74 bits per heavy atom. The fraction of sp³-hybridized carbons (Fsp3) is 0.360. The van der Waals surface area contributed by atoms with Crippen LogP contribution in [0.2, 0.25) is 0 Å². The fourth-order valence-electron chi connectivity index (χ4n) is 4.70. The summed E-state index contributed by atoms with van der Waals surface area (Å²) in [5.41, 5.74) is 1.39. The second kappa shape index (κ2) is 8.84. The number of H-pyrrole nitrogens is 1. The number of para-hydroxylation sites is 2. The molecule has 0 bridgehead atoms. The van der Waals surface area contributed by atoms with E-state index in [2.05, 4.69) is 40.3 Å². The van der Waals surface area contributed by atoms with Gasteiger partial charge < -0.3 is 19.4 Å². The third-order valence-corrected chi connectivity index (χ3v) is 6.35. The normalized spacial score (nSPS) is 22.6. The Morgan fingerprint density at radius 1 is 1.00 bits per heavy atom. The molecule has 31 heavy (non-hydrogen) atoms. The van der Waals surface area contributed by atoms with Crippen molar-refractivity contribution in [2.75, 3.05) is 6.61 Å². The van der Waals surface area contributed by atoms with Gasteiger partial charge in [-0.1, -0.05) is 42.5 Å². The summed E-state index contributed by atoms with van der Waals surface area (Å²) in [5, 5.41) is 0. The van der Waals surface area contributed by atoms with Crippen molar-refractivity contribution in [1.29, 1.82) is 0 Å². The second-order valence-corrected chi connectivity index (χ2v) is 8.28. The Hall–Kier alpha value is -3.28. The quantitative estimate of drug-likeness (QED) is 0.672. The first-order chi connectivity index (χ1) is 15.3. The van der Waals surface area contributed by atoms with E-state index in [1.807, 2.05) is 29.2 Å². The first-order valence-electron chi connectivity index (χ1n) is 11.0. The molecule has 5 rings (SSSR count). The molecule has 0 saturated heterocycles. The Kier molecular flexibility index (Phi) is 5.61. The lowest BCUT2D eigenvalue weighted by Gasteiger charge is -2.39. The van der Waals surface area contributed by atoms with Crippen LogP contribution in [0.15, 0.2) is 67.0 Å². The molecule has 1 saturated carbocycles. The number of nitrogens with zero attached hydrogens (tertiary/aromatic N) is 2. The molecule has 160 valence electrons.